The van der Waals surface area contributed by atoms with Crippen LogP contribution in [0.1, 0.15) is 58.4 Å². The lowest BCUT2D eigenvalue weighted by molar-refractivity contribution is 0.0950. The number of aromatic nitrogens is 1. The van der Waals surface area contributed by atoms with Gasteiger partial charge in [-0.3, -0.25) is 9.78 Å². The number of rotatable bonds is 4. The highest BCUT2D eigenvalue weighted by molar-refractivity contribution is 5.95. The van der Waals surface area contributed by atoms with E-state index in [1.807, 2.05) is 24.3 Å². The van der Waals surface area contributed by atoms with E-state index in [1.165, 1.54) is 36.1 Å². The van der Waals surface area contributed by atoms with Crippen molar-refractivity contribution in [3.63, 3.8) is 0 Å². The first kappa shape index (κ1) is 18.6. The van der Waals surface area contributed by atoms with Gasteiger partial charge in [-0.15, -0.1) is 0 Å². The SMILES string of the molecule is O=C(NCc1ccccn1)c1ccc2c(c1)[C@@H]1[C@H]3CC[C@@H](C3)[C@@H]1[C@@H](c1ccccc1)N2. The van der Waals surface area contributed by atoms with Crippen LogP contribution in [0.2, 0.25) is 0 Å². The van der Waals surface area contributed by atoms with E-state index in [0.29, 0.717) is 24.4 Å². The number of hydrogen-bond acceptors (Lipinski definition) is 3. The molecule has 2 heterocycles. The van der Waals surface area contributed by atoms with E-state index in [9.17, 15) is 4.79 Å². The zero-order chi connectivity index (χ0) is 20.8. The molecule has 2 aliphatic carbocycles. The number of carbonyl (C=O) groups is 1. The van der Waals surface area contributed by atoms with Gasteiger partial charge in [0, 0.05) is 17.4 Å². The highest BCUT2D eigenvalue weighted by atomic mass is 16.1. The van der Waals surface area contributed by atoms with Gasteiger partial charge in [-0.05, 0) is 84.4 Å². The van der Waals surface area contributed by atoms with E-state index >= 15 is 0 Å². The van der Waals surface area contributed by atoms with Crippen LogP contribution in [0.3, 0.4) is 0 Å². The monoisotopic (exact) mass is 409 g/mol. The Balaban J connectivity index is 1.30. The zero-order valence-corrected chi connectivity index (χ0v) is 17.5. The second kappa shape index (κ2) is 7.52. The van der Waals surface area contributed by atoms with Crippen LogP contribution in [0.4, 0.5) is 5.69 Å². The lowest BCUT2D eigenvalue weighted by atomic mass is 9.68. The molecule has 2 bridgehead atoms. The summed E-state index contributed by atoms with van der Waals surface area (Å²) in [6.45, 7) is 0.446. The third kappa shape index (κ3) is 3.21. The molecule has 31 heavy (non-hydrogen) atoms. The fraction of sp³-hybridized carbons (Fsp3) is 0.333. The number of carbonyl (C=O) groups excluding carboxylic acids is 1. The van der Waals surface area contributed by atoms with Crippen molar-refractivity contribution in [1.82, 2.24) is 10.3 Å². The molecule has 0 saturated heterocycles. The van der Waals surface area contributed by atoms with Gasteiger partial charge in [0.2, 0.25) is 0 Å². The van der Waals surface area contributed by atoms with Crippen molar-refractivity contribution in [3.05, 3.63) is 95.3 Å². The first-order valence-electron chi connectivity index (χ1n) is 11.4. The number of hydrogen-bond donors (Lipinski definition) is 2. The Kier molecular flexibility index (Phi) is 4.52. The van der Waals surface area contributed by atoms with Crippen molar-refractivity contribution in [2.45, 2.75) is 37.8 Å². The van der Waals surface area contributed by atoms with Crippen LogP contribution in [-0.4, -0.2) is 10.9 Å². The Morgan fingerprint density at radius 3 is 2.68 bits per heavy atom. The van der Waals surface area contributed by atoms with E-state index < -0.39 is 0 Å². The van der Waals surface area contributed by atoms with Gasteiger partial charge < -0.3 is 10.6 Å². The van der Waals surface area contributed by atoms with Gasteiger partial charge in [-0.2, -0.15) is 0 Å². The Hall–Kier alpha value is -3.14. The Morgan fingerprint density at radius 1 is 1.00 bits per heavy atom. The van der Waals surface area contributed by atoms with Gasteiger partial charge in [-0.25, -0.2) is 0 Å². The van der Waals surface area contributed by atoms with E-state index in [4.69, 9.17) is 0 Å². The van der Waals surface area contributed by atoms with Crippen molar-refractivity contribution < 1.29 is 4.79 Å². The van der Waals surface area contributed by atoms with E-state index in [-0.39, 0.29) is 5.91 Å². The smallest absolute Gasteiger partial charge is 0.251 e. The van der Waals surface area contributed by atoms with Crippen LogP contribution in [0.5, 0.6) is 0 Å². The van der Waals surface area contributed by atoms with E-state index in [0.717, 1.165) is 23.1 Å². The molecule has 2 saturated carbocycles. The molecule has 4 heteroatoms. The van der Waals surface area contributed by atoms with Crippen LogP contribution >= 0.6 is 0 Å². The number of fused-ring (bicyclic) bond motifs is 7. The molecule has 1 aliphatic heterocycles. The molecular formula is C27H27N3O. The first-order chi connectivity index (χ1) is 15.3. The highest BCUT2D eigenvalue weighted by Gasteiger charge is 2.53. The molecular weight excluding hydrogens is 382 g/mol. The fourth-order valence-electron chi connectivity index (χ4n) is 6.39. The van der Waals surface area contributed by atoms with Crippen LogP contribution in [0, 0.1) is 17.8 Å². The minimum Gasteiger partial charge on any atom is -0.378 e. The molecule has 3 aliphatic rings. The maximum atomic E-state index is 12.9. The summed E-state index contributed by atoms with van der Waals surface area (Å²) in [7, 11) is 0. The lowest BCUT2D eigenvalue weighted by Crippen LogP contribution is -2.35. The lowest BCUT2D eigenvalue weighted by Gasteiger charge is -2.43. The quantitative estimate of drug-likeness (QED) is 0.614. The number of amides is 1. The maximum absolute atomic E-state index is 12.9. The number of benzene rings is 2. The number of pyridine rings is 1. The van der Waals surface area contributed by atoms with Gasteiger partial charge in [0.15, 0.2) is 0 Å². The van der Waals surface area contributed by atoms with E-state index in [2.05, 4.69) is 58.1 Å². The summed E-state index contributed by atoms with van der Waals surface area (Å²) in [4.78, 5) is 17.2. The Labute approximate surface area is 183 Å². The average molecular weight is 410 g/mol. The molecule has 5 atom stereocenters. The molecule has 0 spiro atoms. The average Bonchev–Trinajstić information content (AvgIpc) is 3.46. The minimum atomic E-state index is -0.0293. The minimum absolute atomic E-state index is 0.0293. The Morgan fingerprint density at radius 2 is 1.84 bits per heavy atom. The largest absolute Gasteiger partial charge is 0.378 e. The summed E-state index contributed by atoms with van der Waals surface area (Å²) in [5.41, 5.74) is 5.54. The molecule has 3 aromatic rings. The second-order valence-corrected chi connectivity index (χ2v) is 9.27. The van der Waals surface area contributed by atoms with Crippen LogP contribution < -0.4 is 10.6 Å². The van der Waals surface area contributed by atoms with Crippen molar-refractivity contribution in [2.24, 2.45) is 17.8 Å². The molecule has 2 fully saturated rings. The summed E-state index contributed by atoms with van der Waals surface area (Å²) in [6, 6.07) is 23.2. The highest BCUT2D eigenvalue weighted by Crippen LogP contribution is 2.63. The summed E-state index contributed by atoms with van der Waals surface area (Å²) in [5, 5.41) is 6.88. The van der Waals surface area contributed by atoms with Gasteiger partial charge >= 0.3 is 0 Å². The maximum Gasteiger partial charge on any atom is 0.251 e. The van der Waals surface area contributed by atoms with Crippen LogP contribution in [-0.2, 0) is 6.54 Å². The summed E-state index contributed by atoms with van der Waals surface area (Å²) in [5.74, 6) is 2.65. The van der Waals surface area contributed by atoms with E-state index in [1.54, 1.807) is 6.20 Å². The zero-order valence-electron chi connectivity index (χ0n) is 17.5. The number of anilines is 1. The molecule has 156 valence electrons. The number of nitrogens with one attached hydrogen (secondary N) is 2. The molecule has 1 aromatic heterocycles. The molecule has 1 amide bonds. The molecule has 6 rings (SSSR count). The third-order valence-electron chi connectivity index (χ3n) is 7.66. The van der Waals surface area contributed by atoms with Crippen molar-refractivity contribution in [3.8, 4) is 0 Å². The standard InChI is InChI=1S/C27H27N3O/c31-27(29-16-21-8-4-5-13-28-21)20-11-12-23-22(15-20)24-18-9-10-19(14-18)25(24)26(30-23)17-6-2-1-3-7-17/h1-8,11-13,15,18-19,24-26,30H,9-10,14,16H2,(H,29,31)/t18-,19-,24-,25-,26+/m0/s1. The second-order valence-electron chi connectivity index (χ2n) is 9.27. The van der Waals surface area contributed by atoms with Crippen LogP contribution in [0.15, 0.2) is 72.9 Å². The predicted octanol–water partition coefficient (Wildman–Crippen LogP) is 5.31. The topological polar surface area (TPSA) is 54.0 Å². The van der Waals surface area contributed by atoms with Gasteiger partial charge in [0.05, 0.1) is 18.3 Å². The van der Waals surface area contributed by atoms with Crippen molar-refractivity contribution >= 4 is 11.6 Å². The molecule has 4 nitrogen and oxygen atoms in total. The first-order valence-corrected chi connectivity index (χ1v) is 11.4. The summed E-state index contributed by atoms with van der Waals surface area (Å²) >= 11 is 0. The van der Waals surface area contributed by atoms with Gasteiger partial charge in [-0.1, -0.05) is 36.4 Å². The van der Waals surface area contributed by atoms with Gasteiger partial charge in [0.1, 0.15) is 0 Å². The predicted molar refractivity (Wildman–Crippen MR) is 122 cm³/mol. The summed E-state index contributed by atoms with van der Waals surface area (Å²) in [6.07, 6.45) is 5.75. The third-order valence-corrected chi connectivity index (χ3v) is 7.66. The van der Waals surface area contributed by atoms with Gasteiger partial charge in [0.25, 0.3) is 5.91 Å². The summed E-state index contributed by atoms with van der Waals surface area (Å²) < 4.78 is 0. The fourth-order valence-corrected chi connectivity index (χ4v) is 6.39. The molecule has 0 radical (unpaired) electrons. The molecule has 2 N–H and O–H groups in total. The normalized spacial score (nSPS) is 27.8. The Bertz CT molecular complexity index is 1100. The molecule has 2 aromatic carbocycles. The van der Waals surface area contributed by atoms with Crippen molar-refractivity contribution in [2.75, 3.05) is 5.32 Å². The van der Waals surface area contributed by atoms with Crippen molar-refractivity contribution in [1.29, 1.82) is 0 Å². The van der Waals surface area contributed by atoms with Crippen LogP contribution in [0.25, 0.3) is 0 Å². The molecule has 0 unspecified atom stereocenters. The number of nitrogens with zero attached hydrogens (tertiary/aromatic N) is 1.